The number of benzene rings is 2. The van der Waals surface area contributed by atoms with E-state index in [1.54, 1.807) is 0 Å². The third-order valence-corrected chi connectivity index (χ3v) is 4.13. The van der Waals surface area contributed by atoms with Crippen molar-refractivity contribution >= 4 is 27.6 Å². The number of amides is 1. The van der Waals surface area contributed by atoms with Crippen molar-refractivity contribution in [1.82, 2.24) is 0 Å². The average Bonchev–Trinajstić information content (AvgIpc) is 2.53. The lowest BCUT2D eigenvalue weighted by atomic mass is 10.2. The van der Waals surface area contributed by atoms with E-state index in [0.29, 0.717) is 6.07 Å². The number of esters is 1. The fourth-order valence-electron chi connectivity index (χ4n) is 1.93. The topological polar surface area (TPSA) is 116 Å². The van der Waals surface area contributed by atoms with E-state index in [1.165, 1.54) is 31.2 Å². The summed E-state index contributed by atoms with van der Waals surface area (Å²) in [6.07, 6.45) is -1.27. The van der Waals surface area contributed by atoms with Crippen molar-refractivity contribution in [2.45, 2.75) is 17.9 Å². The minimum Gasteiger partial charge on any atom is -0.449 e. The molecule has 0 aliphatic heterocycles. The van der Waals surface area contributed by atoms with Gasteiger partial charge in [0, 0.05) is 11.8 Å². The molecule has 0 bridgehead atoms. The molecule has 7 nitrogen and oxygen atoms in total. The lowest BCUT2D eigenvalue weighted by Gasteiger charge is -2.14. The smallest absolute Gasteiger partial charge is 0.339 e. The van der Waals surface area contributed by atoms with E-state index in [4.69, 9.17) is 9.88 Å². The van der Waals surface area contributed by atoms with Gasteiger partial charge in [0.2, 0.25) is 10.0 Å². The van der Waals surface area contributed by atoms with Crippen LogP contribution in [0, 0.1) is 11.6 Å². The fourth-order valence-corrected chi connectivity index (χ4v) is 2.44. The number of rotatable bonds is 5. The number of nitrogens with two attached hydrogens (primary N) is 1. The zero-order valence-electron chi connectivity index (χ0n) is 13.4. The minimum atomic E-state index is -3.86. The summed E-state index contributed by atoms with van der Waals surface area (Å²) < 4.78 is 53.4. The number of sulfonamides is 1. The van der Waals surface area contributed by atoms with Gasteiger partial charge in [-0.3, -0.25) is 4.79 Å². The molecule has 0 aliphatic carbocycles. The van der Waals surface area contributed by atoms with Gasteiger partial charge in [-0.1, -0.05) is 0 Å². The summed E-state index contributed by atoms with van der Waals surface area (Å²) in [6.45, 7) is 1.27. The molecule has 0 saturated carbocycles. The number of ether oxygens (including phenoxy) is 1. The Hall–Kier alpha value is -2.85. The van der Waals surface area contributed by atoms with Crippen LogP contribution in [0.15, 0.2) is 47.4 Å². The van der Waals surface area contributed by atoms with E-state index in [2.05, 4.69) is 5.32 Å². The number of nitrogens with one attached hydrogen (secondary N) is 1. The van der Waals surface area contributed by atoms with Gasteiger partial charge in [-0.15, -0.1) is 0 Å². The van der Waals surface area contributed by atoms with Crippen LogP contribution in [0.4, 0.5) is 14.5 Å². The molecule has 0 aliphatic rings. The van der Waals surface area contributed by atoms with Gasteiger partial charge in [-0.25, -0.2) is 27.1 Å². The fraction of sp³-hybridized carbons (Fsp3) is 0.125. The average molecular weight is 384 g/mol. The second-order valence-corrected chi connectivity index (χ2v) is 6.83. The highest BCUT2D eigenvalue weighted by atomic mass is 32.2. The zero-order chi connectivity index (χ0) is 19.5. The standard InChI is InChI=1S/C16H14F2N2O5S/c1-9(25-16(22)10-6-11(17)8-12(18)7-10)15(21)20-13-2-4-14(5-3-13)26(19,23)24/h2-9H,1H3,(H,20,21)(H2,19,23,24)/t9-/m1/s1. The van der Waals surface area contributed by atoms with Crippen molar-refractivity contribution in [1.29, 1.82) is 0 Å². The van der Waals surface area contributed by atoms with Crippen molar-refractivity contribution in [3.05, 3.63) is 59.7 Å². The number of hydrogen-bond donors (Lipinski definition) is 2. The van der Waals surface area contributed by atoms with Crippen molar-refractivity contribution in [3.63, 3.8) is 0 Å². The second-order valence-electron chi connectivity index (χ2n) is 5.26. The van der Waals surface area contributed by atoms with Crippen LogP contribution in [0.25, 0.3) is 0 Å². The molecular weight excluding hydrogens is 370 g/mol. The highest BCUT2D eigenvalue weighted by molar-refractivity contribution is 7.89. The number of hydrogen-bond acceptors (Lipinski definition) is 5. The molecule has 26 heavy (non-hydrogen) atoms. The Balaban J connectivity index is 2.02. The number of halogens is 2. The lowest BCUT2D eigenvalue weighted by molar-refractivity contribution is -0.123. The van der Waals surface area contributed by atoms with Gasteiger partial charge in [0.05, 0.1) is 10.5 Å². The molecule has 2 aromatic rings. The van der Waals surface area contributed by atoms with Gasteiger partial charge in [0.25, 0.3) is 5.91 Å². The number of carbonyl (C=O) groups is 2. The third kappa shape index (κ3) is 5.07. The van der Waals surface area contributed by atoms with E-state index < -0.39 is 39.6 Å². The second kappa shape index (κ2) is 7.58. The van der Waals surface area contributed by atoms with Crippen molar-refractivity contribution in [3.8, 4) is 0 Å². The summed E-state index contributed by atoms with van der Waals surface area (Å²) in [5.41, 5.74) is -0.137. The van der Waals surface area contributed by atoms with E-state index >= 15 is 0 Å². The largest absolute Gasteiger partial charge is 0.449 e. The Kier molecular flexibility index (Phi) is 5.68. The third-order valence-electron chi connectivity index (χ3n) is 3.20. The number of carbonyl (C=O) groups excluding carboxylic acids is 2. The zero-order valence-corrected chi connectivity index (χ0v) is 14.2. The molecule has 2 aromatic carbocycles. The van der Waals surface area contributed by atoms with Crippen LogP contribution < -0.4 is 10.5 Å². The molecule has 0 aromatic heterocycles. The van der Waals surface area contributed by atoms with Crippen LogP contribution >= 0.6 is 0 Å². The molecule has 0 unspecified atom stereocenters. The van der Waals surface area contributed by atoms with Crippen LogP contribution in [-0.4, -0.2) is 26.4 Å². The van der Waals surface area contributed by atoms with Crippen molar-refractivity contribution in [2.75, 3.05) is 5.32 Å². The molecule has 0 spiro atoms. The maximum atomic E-state index is 13.1. The maximum Gasteiger partial charge on any atom is 0.339 e. The Morgan fingerprint density at radius 2 is 1.62 bits per heavy atom. The van der Waals surface area contributed by atoms with Gasteiger partial charge < -0.3 is 10.1 Å². The minimum absolute atomic E-state index is 0.136. The predicted octanol–water partition coefficient (Wildman–Crippen LogP) is 1.80. The highest BCUT2D eigenvalue weighted by Gasteiger charge is 2.20. The van der Waals surface area contributed by atoms with Crippen molar-refractivity contribution in [2.24, 2.45) is 5.14 Å². The Morgan fingerprint density at radius 1 is 1.08 bits per heavy atom. The summed E-state index contributed by atoms with van der Waals surface area (Å²) in [7, 11) is -3.86. The van der Waals surface area contributed by atoms with Crippen LogP contribution in [0.5, 0.6) is 0 Å². The Morgan fingerprint density at radius 3 is 2.12 bits per heavy atom. The summed E-state index contributed by atoms with van der Waals surface area (Å²) in [5.74, 6) is -3.71. The van der Waals surface area contributed by atoms with Crippen molar-refractivity contribution < 1.29 is 31.5 Å². The highest BCUT2D eigenvalue weighted by Crippen LogP contribution is 2.14. The molecule has 10 heteroatoms. The molecule has 138 valence electrons. The first-order valence-corrected chi connectivity index (χ1v) is 8.71. The molecule has 1 amide bonds. The summed E-state index contributed by atoms with van der Waals surface area (Å²) in [4.78, 5) is 23.7. The van der Waals surface area contributed by atoms with E-state index in [0.717, 1.165) is 12.1 Å². The van der Waals surface area contributed by atoms with Crippen LogP contribution in [0.2, 0.25) is 0 Å². The lowest BCUT2D eigenvalue weighted by Crippen LogP contribution is -2.30. The molecule has 0 radical (unpaired) electrons. The Bertz CT molecular complexity index is 925. The molecule has 0 heterocycles. The van der Waals surface area contributed by atoms with Crippen LogP contribution in [0.3, 0.4) is 0 Å². The predicted molar refractivity (Wildman–Crippen MR) is 87.7 cm³/mol. The summed E-state index contributed by atoms with van der Waals surface area (Å²) in [5, 5.41) is 7.36. The molecule has 3 N–H and O–H groups in total. The monoisotopic (exact) mass is 384 g/mol. The first kappa shape index (κ1) is 19.5. The van der Waals surface area contributed by atoms with E-state index in [1.807, 2.05) is 0 Å². The molecular formula is C16H14F2N2O5S. The van der Waals surface area contributed by atoms with Crippen LogP contribution in [0.1, 0.15) is 17.3 Å². The first-order valence-electron chi connectivity index (χ1n) is 7.17. The quantitative estimate of drug-likeness (QED) is 0.763. The number of anilines is 1. The maximum absolute atomic E-state index is 13.1. The van der Waals surface area contributed by atoms with Gasteiger partial charge >= 0.3 is 5.97 Å². The summed E-state index contributed by atoms with van der Waals surface area (Å²) >= 11 is 0. The van der Waals surface area contributed by atoms with E-state index in [-0.39, 0.29) is 16.1 Å². The molecule has 0 saturated heterocycles. The summed E-state index contributed by atoms with van der Waals surface area (Å²) in [6, 6.07) is 7.14. The van der Waals surface area contributed by atoms with E-state index in [9.17, 15) is 26.8 Å². The first-order chi connectivity index (χ1) is 12.1. The number of primary sulfonamides is 1. The molecule has 0 fully saturated rings. The molecule has 1 atom stereocenters. The SMILES string of the molecule is C[C@@H](OC(=O)c1cc(F)cc(F)c1)C(=O)Nc1ccc(S(N)(=O)=O)cc1. The van der Waals surface area contributed by atoms with Gasteiger partial charge in [0.1, 0.15) is 11.6 Å². The van der Waals surface area contributed by atoms with Gasteiger partial charge in [-0.05, 0) is 43.3 Å². The van der Waals surface area contributed by atoms with Gasteiger partial charge in [0.15, 0.2) is 6.10 Å². The molecule has 2 rings (SSSR count). The van der Waals surface area contributed by atoms with Crippen LogP contribution in [-0.2, 0) is 19.6 Å². The van der Waals surface area contributed by atoms with Gasteiger partial charge in [-0.2, -0.15) is 0 Å². The Labute approximate surface area is 147 Å². The normalized spacial score (nSPS) is 12.3.